The fourth-order valence-corrected chi connectivity index (χ4v) is 1.81. The van der Waals surface area contributed by atoms with Crippen LogP contribution < -0.4 is 11.1 Å². The van der Waals surface area contributed by atoms with Crippen molar-refractivity contribution in [1.29, 1.82) is 0 Å². The lowest BCUT2D eigenvalue weighted by Crippen LogP contribution is -2.37. The van der Waals surface area contributed by atoms with Gasteiger partial charge in [-0.15, -0.1) is 24.0 Å². The molecule has 0 bridgehead atoms. The SMILES string of the molecule is I.NC(=NCc1cccc(F)c1)NCC1CCC1. The summed E-state index contributed by atoms with van der Waals surface area (Å²) in [4.78, 5) is 4.18. The molecule has 1 aliphatic rings. The number of hydrogen-bond donors (Lipinski definition) is 2. The van der Waals surface area contributed by atoms with Crippen molar-refractivity contribution in [1.82, 2.24) is 5.32 Å². The molecule has 0 unspecified atom stereocenters. The summed E-state index contributed by atoms with van der Waals surface area (Å²) in [6, 6.07) is 6.41. The molecule has 0 saturated heterocycles. The summed E-state index contributed by atoms with van der Waals surface area (Å²) >= 11 is 0. The Hall–Kier alpha value is -0.850. The van der Waals surface area contributed by atoms with Crippen LogP contribution in [0.5, 0.6) is 0 Å². The molecule has 1 aromatic rings. The first kappa shape index (κ1) is 15.2. The summed E-state index contributed by atoms with van der Waals surface area (Å²) in [5, 5.41) is 3.10. The lowest BCUT2D eigenvalue weighted by molar-refractivity contribution is 0.315. The number of rotatable bonds is 4. The van der Waals surface area contributed by atoms with Crippen molar-refractivity contribution >= 4 is 29.9 Å². The number of aliphatic imine (C=N–C) groups is 1. The van der Waals surface area contributed by atoms with Crippen molar-refractivity contribution < 1.29 is 4.39 Å². The number of nitrogens with one attached hydrogen (secondary N) is 1. The van der Waals surface area contributed by atoms with Gasteiger partial charge in [-0.05, 0) is 36.5 Å². The second-order valence-electron chi connectivity index (χ2n) is 4.51. The molecule has 0 atom stereocenters. The molecule has 0 aliphatic heterocycles. The summed E-state index contributed by atoms with van der Waals surface area (Å²) in [6.45, 7) is 1.32. The smallest absolute Gasteiger partial charge is 0.188 e. The third-order valence-corrected chi connectivity index (χ3v) is 3.12. The van der Waals surface area contributed by atoms with Gasteiger partial charge in [0, 0.05) is 6.54 Å². The fourth-order valence-electron chi connectivity index (χ4n) is 1.81. The molecule has 2 rings (SSSR count). The molecule has 3 N–H and O–H groups in total. The molecule has 5 heteroatoms. The third-order valence-electron chi connectivity index (χ3n) is 3.12. The average Bonchev–Trinajstić information content (AvgIpc) is 2.24. The molecule has 0 heterocycles. The van der Waals surface area contributed by atoms with Gasteiger partial charge in [-0.3, -0.25) is 0 Å². The number of nitrogens with zero attached hydrogens (tertiary/aromatic N) is 1. The van der Waals surface area contributed by atoms with Gasteiger partial charge < -0.3 is 11.1 Å². The van der Waals surface area contributed by atoms with Crippen molar-refractivity contribution in [3.05, 3.63) is 35.6 Å². The normalized spacial score (nSPS) is 15.7. The Bertz CT molecular complexity index is 405. The first-order valence-corrected chi connectivity index (χ1v) is 6.02. The molecule has 100 valence electrons. The second-order valence-corrected chi connectivity index (χ2v) is 4.51. The molecule has 0 aromatic heterocycles. The molecule has 0 amide bonds. The van der Waals surface area contributed by atoms with Gasteiger partial charge in [-0.25, -0.2) is 9.38 Å². The van der Waals surface area contributed by atoms with Crippen LogP contribution in [0.1, 0.15) is 24.8 Å². The minimum atomic E-state index is -0.237. The van der Waals surface area contributed by atoms with Gasteiger partial charge in [0.15, 0.2) is 5.96 Å². The van der Waals surface area contributed by atoms with Crippen molar-refractivity contribution in [3.8, 4) is 0 Å². The highest BCUT2D eigenvalue weighted by Gasteiger charge is 2.16. The van der Waals surface area contributed by atoms with E-state index >= 15 is 0 Å². The van der Waals surface area contributed by atoms with Crippen LogP contribution in [0.15, 0.2) is 29.3 Å². The largest absolute Gasteiger partial charge is 0.370 e. The molecule has 1 aliphatic carbocycles. The Morgan fingerprint density at radius 2 is 2.22 bits per heavy atom. The quantitative estimate of drug-likeness (QED) is 0.491. The average molecular weight is 363 g/mol. The van der Waals surface area contributed by atoms with Crippen molar-refractivity contribution in [2.75, 3.05) is 6.54 Å². The van der Waals surface area contributed by atoms with Gasteiger partial charge in [0.2, 0.25) is 0 Å². The first-order chi connectivity index (χ1) is 8.24. The first-order valence-electron chi connectivity index (χ1n) is 6.02. The predicted octanol–water partition coefficient (Wildman–Crippen LogP) is 2.65. The third kappa shape index (κ3) is 4.80. The van der Waals surface area contributed by atoms with Gasteiger partial charge in [0.1, 0.15) is 5.82 Å². The molecular weight excluding hydrogens is 344 g/mol. The summed E-state index contributed by atoms with van der Waals surface area (Å²) < 4.78 is 12.9. The van der Waals surface area contributed by atoms with Crippen LogP contribution in [0, 0.1) is 11.7 Å². The highest BCUT2D eigenvalue weighted by Crippen LogP contribution is 2.24. The minimum Gasteiger partial charge on any atom is -0.370 e. The van der Waals surface area contributed by atoms with E-state index in [1.807, 2.05) is 6.07 Å². The molecule has 1 aromatic carbocycles. The van der Waals surface area contributed by atoms with Crippen LogP contribution in [-0.4, -0.2) is 12.5 Å². The Labute approximate surface area is 124 Å². The Kier molecular flexibility index (Phi) is 6.38. The van der Waals surface area contributed by atoms with Crippen LogP contribution in [0.25, 0.3) is 0 Å². The number of nitrogens with two attached hydrogens (primary N) is 1. The van der Waals surface area contributed by atoms with E-state index in [2.05, 4.69) is 10.3 Å². The Balaban J connectivity index is 0.00000162. The zero-order valence-corrected chi connectivity index (χ0v) is 12.6. The van der Waals surface area contributed by atoms with E-state index in [9.17, 15) is 4.39 Å². The molecule has 0 radical (unpaired) electrons. The predicted molar refractivity (Wildman–Crippen MR) is 82.5 cm³/mol. The molecule has 1 fully saturated rings. The number of halogens is 2. The summed E-state index contributed by atoms with van der Waals surface area (Å²) in [5.74, 6) is 0.956. The highest BCUT2D eigenvalue weighted by molar-refractivity contribution is 14.0. The molecule has 3 nitrogen and oxygen atoms in total. The van der Waals surface area contributed by atoms with Crippen LogP contribution in [0.3, 0.4) is 0 Å². The Morgan fingerprint density at radius 1 is 1.44 bits per heavy atom. The summed E-state index contributed by atoms with van der Waals surface area (Å²) in [5.41, 5.74) is 6.56. The molecular formula is C13H19FIN3. The van der Waals surface area contributed by atoms with E-state index in [0.29, 0.717) is 12.5 Å². The topological polar surface area (TPSA) is 50.4 Å². The van der Waals surface area contributed by atoms with Crippen LogP contribution in [0.2, 0.25) is 0 Å². The number of hydrogen-bond acceptors (Lipinski definition) is 1. The highest BCUT2D eigenvalue weighted by atomic mass is 127. The molecule has 0 spiro atoms. The lowest BCUT2D eigenvalue weighted by Gasteiger charge is -2.25. The van der Waals surface area contributed by atoms with E-state index < -0.39 is 0 Å². The van der Waals surface area contributed by atoms with Crippen molar-refractivity contribution in [2.45, 2.75) is 25.8 Å². The molecule has 1 saturated carbocycles. The number of guanidine groups is 1. The zero-order chi connectivity index (χ0) is 12.1. The standard InChI is InChI=1S/C13H18FN3.HI/c14-12-6-2-5-11(7-12)9-17-13(15)16-8-10-3-1-4-10;/h2,5-7,10H,1,3-4,8-9H2,(H3,15,16,17);1H. The maximum atomic E-state index is 12.9. The van der Waals surface area contributed by atoms with Gasteiger partial charge in [-0.2, -0.15) is 0 Å². The number of benzene rings is 1. The van der Waals surface area contributed by atoms with Crippen molar-refractivity contribution in [2.24, 2.45) is 16.6 Å². The van der Waals surface area contributed by atoms with Crippen LogP contribution in [-0.2, 0) is 6.54 Å². The van der Waals surface area contributed by atoms with Crippen molar-refractivity contribution in [3.63, 3.8) is 0 Å². The van der Waals surface area contributed by atoms with Gasteiger partial charge >= 0.3 is 0 Å². The van der Waals surface area contributed by atoms with Gasteiger partial charge in [-0.1, -0.05) is 18.6 Å². The van der Waals surface area contributed by atoms with E-state index in [-0.39, 0.29) is 29.8 Å². The van der Waals surface area contributed by atoms with Crippen LogP contribution >= 0.6 is 24.0 Å². The Morgan fingerprint density at radius 3 is 2.83 bits per heavy atom. The van der Waals surface area contributed by atoms with Gasteiger partial charge in [0.05, 0.1) is 6.54 Å². The maximum absolute atomic E-state index is 12.9. The summed E-state index contributed by atoms with van der Waals surface area (Å²) in [6.07, 6.45) is 3.89. The maximum Gasteiger partial charge on any atom is 0.188 e. The zero-order valence-electron chi connectivity index (χ0n) is 10.2. The minimum absolute atomic E-state index is 0. The lowest BCUT2D eigenvalue weighted by atomic mass is 9.85. The van der Waals surface area contributed by atoms with E-state index in [4.69, 9.17) is 5.73 Å². The van der Waals surface area contributed by atoms with E-state index in [0.717, 1.165) is 18.0 Å². The fraction of sp³-hybridized carbons (Fsp3) is 0.462. The van der Waals surface area contributed by atoms with Gasteiger partial charge in [0.25, 0.3) is 0 Å². The monoisotopic (exact) mass is 363 g/mol. The van der Waals surface area contributed by atoms with E-state index in [1.54, 1.807) is 6.07 Å². The molecule has 18 heavy (non-hydrogen) atoms. The summed E-state index contributed by atoms with van der Waals surface area (Å²) in [7, 11) is 0. The van der Waals surface area contributed by atoms with E-state index in [1.165, 1.54) is 31.4 Å². The van der Waals surface area contributed by atoms with Crippen LogP contribution in [0.4, 0.5) is 4.39 Å². The second kappa shape index (κ2) is 7.56.